The van der Waals surface area contributed by atoms with Gasteiger partial charge >= 0.3 is 0 Å². The van der Waals surface area contributed by atoms with E-state index < -0.39 is 0 Å². The molecule has 2 N–H and O–H groups in total. The Morgan fingerprint density at radius 1 is 1.41 bits per heavy atom. The molecular formula is C13H21BrN2O. The summed E-state index contributed by atoms with van der Waals surface area (Å²) >= 11 is 3.37. The second-order valence-electron chi connectivity index (χ2n) is 4.25. The molecule has 0 aliphatic carbocycles. The molecule has 0 radical (unpaired) electrons. The van der Waals surface area contributed by atoms with E-state index in [9.17, 15) is 0 Å². The first-order valence-corrected chi connectivity index (χ1v) is 6.78. The van der Waals surface area contributed by atoms with Crippen LogP contribution in [0.4, 0.5) is 0 Å². The molecule has 1 heterocycles. The minimum atomic E-state index is -0.241. The van der Waals surface area contributed by atoms with Crippen molar-refractivity contribution in [3.05, 3.63) is 28.5 Å². The largest absolute Gasteiger partial charge is 0.377 e. The minimum absolute atomic E-state index is 0.0313. The zero-order valence-electron chi connectivity index (χ0n) is 10.7. The minimum Gasteiger partial charge on any atom is -0.377 e. The highest BCUT2D eigenvalue weighted by Gasteiger charge is 2.33. The molecule has 0 saturated heterocycles. The second-order valence-corrected chi connectivity index (χ2v) is 5.17. The van der Waals surface area contributed by atoms with Crippen LogP contribution < -0.4 is 5.73 Å². The summed E-state index contributed by atoms with van der Waals surface area (Å²) in [6, 6.07) is 3.95. The Bertz CT molecular complexity index is 328. The Balaban J connectivity index is 2.76. The molecule has 1 atom stereocenters. The highest BCUT2D eigenvalue weighted by molar-refractivity contribution is 9.10. The molecule has 0 amide bonds. The average Bonchev–Trinajstić information content (AvgIpc) is 2.35. The molecule has 17 heavy (non-hydrogen) atoms. The average molecular weight is 301 g/mol. The number of hydrogen-bond acceptors (Lipinski definition) is 3. The van der Waals surface area contributed by atoms with E-state index in [1.807, 2.05) is 12.1 Å². The van der Waals surface area contributed by atoms with Crippen LogP contribution >= 0.6 is 15.9 Å². The van der Waals surface area contributed by atoms with Gasteiger partial charge < -0.3 is 10.5 Å². The third kappa shape index (κ3) is 3.50. The second kappa shape index (κ2) is 6.47. The molecule has 0 spiro atoms. The number of ether oxygens (including phenoxy) is 1. The van der Waals surface area contributed by atoms with E-state index in [1.54, 1.807) is 13.3 Å². The van der Waals surface area contributed by atoms with Crippen LogP contribution in [0.3, 0.4) is 0 Å². The zero-order valence-corrected chi connectivity index (χ0v) is 12.3. The summed E-state index contributed by atoms with van der Waals surface area (Å²) in [5.74, 6) is 0. The van der Waals surface area contributed by atoms with Gasteiger partial charge in [-0.2, -0.15) is 0 Å². The summed E-state index contributed by atoms with van der Waals surface area (Å²) in [6.07, 6.45) is 4.37. The van der Waals surface area contributed by atoms with Gasteiger partial charge in [0.05, 0.1) is 5.60 Å². The van der Waals surface area contributed by atoms with Crippen molar-refractivity contribution >= 4 is 15.9 Å². The van der Waals surface area contributed by atoms with Crippen molar-refractivity contribution < 1.29 is 4.74 Å². The third-order valence-electron chi connectivity index (χ3n) is 3.50. The SMILES string of the molecule is CCC(CC)(OC)C(N)Cc1ccc(Br)cn1. The van der Waals surface area contributed by atoms with E-state index in [0.29, 0.717) is 0 Å². The van der Waals surface area contributed by atoms with E-state index in [2.05, 4.69) is 34.8 Å². The molecule has 0 aromatic carbocycles. The van der Waals surface area contributed by atoms with E-state index in [-0.39, 0.29) is 11.6 Å². The van der Waals surface area contributed by atoms with Crippen LogP contribution in [-0.4, -0.2) is 23.7 Å². The molecule has 0 aliphatic rings. The molecule has 0 aliphatic heterocycles. The topological polar surface area (TPSA) is 48.1 Å². The molecule has 1 aromatic rings. The first-order chi connectivity index (χ1) is 8.07. The fraction of sp³-hybridized carbons (Fsp3) is 0.615. The maximum Gasteiger partial charge on any atom is 0.0827 e. The van der Waals surface area contributed by atoms with Crippen LogP contribution in [0.2, 0.25) is 0 Å². The molecule has 3 nitrogen and oxygen atoms in total. The van der Waals surface area contributed by atoms with Gasteiger partial charge in [0.1, 0.15) is 0 Å². The predicted molar refractivity (Wildman–Crippen MR) is 73.9 cm³/mol. The van der Waals surface area contributed by atoms with Crippen molar-refractivity contribution in [3.8, 4) is 0 Å². The van der Waals surface area contributed by atoms with Gasteiger partial charge in [-0.1, -0.05) is 13.8 Å². The van der Waals surface area contributed by atoms with Crippen LogP contribution in [-0.2, 0) is 11.2 Å². The Labute approximate surface area is 112 Å². The quantitative estimate of drug-likeness (QED) is 0.879. The number of aromatic nitrogens is 1. The lowest BCUT2D eigenvalue weighted by atomic mass is 9.86. The van der Waals surface area contributed by atoms with Gasteiger partial charge in [0.25, 0.3) is 0 Å². The lowest BCUT2D eigenvalue weighted by Gasteiger charge is -2.36. The van der Waals surface area contributed by atoms with E-state index in [1.165, 1.54) is 0 Å². The fourth-order valence-electron chi connectivity index (χ4n) is 2.15. The number of nitrogens with two attached hydrogens (primary N) is 1. The zero-order chi connectivity index (χ0) is 12.9. The van der Waals surface area contributed by atoms with E-state index in [4.69, 9.17) is 10.5 Å². The number of nitrogens with zero attached hydrogens (tertiary/aromatic N) is 1. The van der Waals surface area contributed by atoms with Crippen molar-refractivity contribution in [1.82, 2.24) is 4.98 Å². The van der Waals surface area contributed by atoms with Crippen LogP contribution in [0.5, 0.6) is 0 Å². The molecule has 0 bridgehead atoms. The van der Waals surface area contributed by atoms with Crippen molar-refractivity contribution in [2.75, 3.05) is 7.11 Å². The van der Waals surface area contributed by atoms with Crippen molar-refractivity contribution in [2.45, 2.75) is 44.8 Å². The first-order valence-electron chi connectivity index (χ1n) is 5.99. The summed E-state index contributed by atoms with van der Waals surface area (Å²) in [5.41, 5.74) is 7.04. The monoisotopic (exact) mass is 300 g/mol. The first kappa shape index (κ1) is 14.6. The van der Waals surface area contributed by atoms with Crippen molar-refractivity contribution in [2.24, 2.45) is 5.73 Å². The lowest BCUT2D eigenvalue weighted by molar-refractivity contribution is -0.0376. The number of halogens is 1. The Kier molecular flexibility index (Phi) is 5.56. The molecule has 96 valence electrons. The van der Waals surface area contributed by atoms with Gasteiger partial charge in [0.2, 0.25) is 0 Å². The van der Waals surface area contributed by atoms with Gasteiger partial charge in [-0.05, 0) is 40.9 Å². The van der Waals surface area contributed by atoms with Gasteiger partial charge in [-0.3, -0.25) is 4.98 Å². The fourth-order valence-corrected chi connectivity index (χ4v) is 2.39. The van der Waals surface area contributed by atoms with Gasteiger partial charge in [-0.15, -0.1) is 0 Å². The molecule has 1 rings (SSSR count). The molecule has 1 aromatic heterocycles. The lowest BCUT2D eigenvalue weighted by Crippen LogP contribution is -2.50. The van der Waals surface area contributed by atoms with Crippen LogP contribution in [0.1, 0.15) is 32.4 Å². The van der Waals surface area contributed by atoms with Crippen LogP contribution in [0, 0.1) is 0 Å². The maximum absolute atomic E-state index is 6.28. The molecule has 1 unspecified atom stereocenters. The normalized spacial score (nSPS) is 13.7. The van der Waals surface area contributed by atoms with Crippen LogP contribution in [0.15, 0.2) is 22.8 Å². The van der Waals surface area contributed by atoms with Gasteiger partial charge in [0.15, 0.2) is 0 Å². The van der Waals surface area contributed by atoms with Crippen LogP contribution in [0.25, 0.3) is 0 Å². The maximum atomic E-state index is 6.28. The molecule has 0 fully saturated rings. The molecule has 4 heteroatoms. The number of rotatable bonds is 6. The third-order valence-corrected chi connectivity index (χ3v) is 3.97. The summed E-state index contributed by atoms with van der Waals surface area (Å²) in [7, 11) is 1.74. The molecular weight excluding hydrogens is 280 g/mol. The standard InChI is InChI=1S/C13H21BrN2O/c1-4-13(5-2,17-3)12(15)8-11-7-6-10(14)9-16-11/h6-7,9,12H,4-5,8,15H2,1-3H3. The summed E-state index contributed by atoms with van der Waals surface area (Å²) in [4.78, 5) is 4.35. The number of hydrogen-bond donors (Lipinski definition) is 1. The smallest absolute Gasteiger partial charge is 0.0827 e. The van der Waals surface area contributed by atoms with Gasteiger partial charge in [0, 0.05) is 35.9 Å². The summed E-state index contributed by atoms with van der Waals surface area (Å²) in [5, 5.41) is 0. The number of methoxy groups -OCH3 is 1. The Hall–Kier alpha value is -0.450. The summed E-state index contributed by atoms with van der Waals surface area (Å²) < 4.78 is 6.62. The highest BCUT2D eigenvalue weighted by Crippen LogP contribution is 2.25. The molecule has 0 saturated carbocycles. The number of pyridine rings is 1. The van der Waals surface area contributed by atoms with E-state index in [0.717, 1.165) is 29.4 Å². The van der Waals surface area contributed by atoms with Crippen molar-refractivity contribution in [1.29, 1.82) is 0 Å². The van der Waals surface area contributed by atoms with E-state index >= 15 is 0 Å². The predicted octanol–water partition coefficient (Wildman–Crippen LogP) is 2.92. The van der Waals surface area contributed by atoms with Crippen molar-refractivity contribution in [3.63, 3.8) is 0 Å². The Morgan fingerprint density at radius 3 is 2.47 bits per heavy atom. The summed E-state index contributed by atoms with van der Waals surface area (Å²) in [6.45, 7) is 4.23. The Morgan fingerprint density at radius 2 is 2.06 bits per heavy atom. The highest BCUT2D eigenvalue weighted by atomic mass is 79.9. The van der Waals surface area contributed by atoms with Gasteiger partial charge in [-0.25, -0.2) is 0 Å².